The molecule has 74 valence electrons. The number of rotatable bonds is 4. The normalized spacial score (nSPS) is 13.8. The molecule has 0 saturated carbocycles. The standard InChI is InChI=1S/C8H18O3S/c1-7(2)5-6-8(3,4)12(9,10)11/h7H,5-6H2,1-4H3,(H,9,10,11). The molecule has 0 aliphatic rings. The van der Waals surface area contributed by atoms with E-state index >= 15 is 0 Å². The summed E-state index contributed by atoms with van der Waals surface area (Å²) in [5, 5.41) is 0. The fourth-order valence-corrected chi connectivity index (χ4v) is 1.14. The van der Waals surface area contributed by atoms with Crippen molar-refractivity contribution in [3.8, 4) is 0 Å². The first-order valence-corrected chi connectivity index (χ1v) is 5.58. The van der Waals surface area contributed by atoms with E-state index in [4.69, 9.17) is 4.55 Å². The average Bonchev–Trinajstić information content (AvgIpc) is 1.81. The van der Waals surface area contributed by atoms with Crippen LogP contribution in [0.2, 0.25) is 0 Å². The summed E-state index contributed by atoms with van der Waals surface area (Å²) in [6.07, 6.45) is 1.32. The van der Waals surface area contributed by atoms with Gasteiger partial charge in [-0.25, -0.2) is 0 Å². The highest BCUT2D eigenvalue weighted by atomic mass is 32.2. The molecule has 0 heterocycles. The molecule has 0 fully saturated rings. The quantitative estimate of drug-likeness (QED) is 0.697. The maximum atomic E-state index is 10.8. The molecule has 0 amide bonds. The van der Waals surface area contributed by atoms with E-state index in [-0.39, 0.29) is 0 Å². The summed E-state index contributed by atoms with van der Waals surface area (Å²) in [4.78, 5) is 0. The second kappa shape index (κ2) is 3.75. The molecule has 0 rings (SSSR count). The molecular formula is C8H18O3S. The number of hydrogen-bond donors (Lipinski definition) is 1. The van der Waals surface area contributed by atoms with Gasteiger partial charge in [-0.3, -0.25) is 4.55 Å². The summed E-state index contributed by atoms with van der Waals surface area (Å²) >= 11 is 0. The minimum Gasteiger partial charge on any atom is -0.285 e. The lowest BCUT2D eigenvalue weighted by molar-refractivity contribution is 0.412. The Morgan fingerprint density at radius 2 is 1.75 bits per heavy atom. The topological polar surface area (TPSA) is 54.4 Å². The molecule has 0 aromatic carbocycles. The lowest BCUT2D eigenvalue weighted by Gasteiger charge is -2.21. The zero-order valence-corrected chi connectivity index (χ0v) is 8.98. The van der Waals surface area contributed by atoms with Gasteiger partial charge < -0.3 is 0 Å². The van der Waals surface area contributed by atoms with Gasteiger partial charge in [0.05, 0.1) is 4.75 Å². The Labute approximate surface area is 74.9 Å². The van der Waals surface area contributed by atoms with Crippen molar-refractivity contribution in [2.75, 3.05) is 0 Å². The molecule has 0 saturated heterocycles. The summed E-state index contributed by atoms with van der Waals surface area (Å²) in [5.41, 5.74) is 0. The van der Waals surface area contributed by atoms with E-state index in [1.807, 2.05) is 13.8 Å². The van der Waals surface area contributed by atoms with Crippen LogP contribution in [-0.4, -0.2) is 17.7 Å². The second-order valence-electron chi connectivity index (χ2n) is 4.17. The van der Waals surface area contributed by atoms with Gasteiger partial charge in [-0.2, -0.15) is 8.42 Å². The van der Waals surface area contributed by atoms with Crippen LogP contribution >= 0.6 is 0 Å². The number of hydrogen-bond acceptors (Lipinski definition) is 2. The summed E-state index contributed by atoms with van der Waals surface area (Å²) in [7, 11) is -3.90. The van der Waals surface area contributed by atoms with E-state index in [2.05, 4.69) is 0 Å². The first kappa shape index (κ1) is 11.9. The Morgan fingerprint density at radius 3 is 2.00 bits per heavy atom. The molecule has 0 spiro atoms. The molecule has 4 heteroatoms. The van der Waals surface area contributed by atoms with Crippen LogP contribution in [0.3, 0.4) is 0 Å². The third kappa shape index (κ3) is 3.54. The molecule has 0 aliphatic heterocycles. The molecule has 0 unspecified atom stereocenters. The van der Waals surface area contributed by atoms with Gasteiger partial charge in [0.1, 0.15) is 0 Å². The second-order valence-corrected chi connectivity index (χ2v) is 6.22. The van der Waals surface area contributed by atoms with Crippen molar-refractivity contribution in [1.82, 2.24) is 0 Å². The summed E-state index contributed by atoms with van der Waals surface area (Å²) in [6, 6.07) is 0. The van der Waals surface area contributed by atoms with E-state index in [9.17, 15) is 8.42 Å². The predicted molar refractivity (Wildman–Crippen MR) is 49.7 cm³/mol. The highest BCUT2D eigenvalue weighted by Crippen LogP contribution is 2.23. The molecule has 0 radical (unpaired) electrons. The molecular weight excluding hydrogens is 176 g/mol. The Morgan fingerprint density at radius 1 is 1.33 bits per heavy atom. The highest BCUT2D eigenvalue weighted by Gasteiger charge is 2.31. The maximum Gasteiger partial charge on any atom is 0.270 e. The fraction of sp³-hybridized carbons (Fsp3) is 1.00. The first-order valence-electron chi connectivity index (χ1n) is 4.14. The SMILES string of the molecule is CC(C)CCC(C)(C)S(=O)(=O)O. The first-order chi connectivity index (χ1) is 5.17. The van der Waals surface area contributed by atoms with Crippen molar-refractivity contribution < 1.29 is 13.0 Å². The van der Waals surface area contributed by atoms with Crippen LogP contribution in [0.25, 0.3) is 0 Å². The van der Waals surface area contributed by atoms with Gasteiger partial charge in [-0.15, -0.1) is 0 Å². The van der Waals surface area contributed by atoms with E-state index < -0.39 is 14.9 Å². The molecule has 1 N–H and O–H groups in total. The van der Waals surface area contributed by atoms with Crippen LogP contribution < -0.4 is 0 Å². The van der Waals surface area contributed by atoms with E-state index in [1.165, 1.54) is 0 Å². The van der Waals surface area contributed by atoms with Crippen molar-refractivity contribution >= 4 is 10.1 Å². The molecule has 0 bridgehead atoms. The summed E-state index contributed by atoms with van der Waals surface area (Å²) in [5.74, 6) is 0.464. The van der Waals surface area contributed by atoms with Crippen LogP contribution in [-0.2, 0) is 10.1 Å². The molecule has 0 aliphatic carbocycles. The van der Waals surface area contributed by atoms with Crippen molar-refractivity contribution in [2.45, 2.75) is 45.3 Å². The van der Waals surface area contributed by atoms with Crippen LogP contribution in [0.4, 0.5) is 0 Å². The lowest BCUT2D eigenvalue weighted by atomic mass is 10.0. The van der Waals surface area contributed by atoms with E-state index in [0.717, 1.165) is 6.42 Å². The van der Waals surface area contributed by atoms with Crippen LogP contribution in [0, 0.1) is 5.92 Å². The minimum atomic E-state index is -3.90. The van der Waals surface area contributed by atoms with Gasteiger partial charge in [0.2, 0.25) is 0 Å². The van der Waals surface area contributed by atoms with Gasteiger partial charge >= 0.3 is 0 Å². The largest absolute Gasteiger partial charge is 0.285 e. The molecule has 0 atom stereocenters. The Bertz CT molecular complexity index is 227. The van der Waals surface area contributed by atoms with Crippen molar-refractivity contribution in [2.24, 2.45) is 5.92 Å². The smallest absolute Gasteiger partial charge is 0.270 e. The molecule has 0 aromatic rings. The zero-order valence-electron chi connectivity index (χ0n) is 8.16. The van der Waals surface area contributed by atoms with E-state index in [1.54, 1.807) is 13.8 Å². The monoisotopic (exact) mass is 194 g/mol. The minimum absolute atomic E-state index is 0.464. The molecule has 12 heavy (non-hydrogen) atoms. The van der Waals surface area contributed by atoms with Gasteiger partial charge in [-0.1, -0.05) is 13.8 Å². The Balaban J connectivity index is 4.25. The van der Waals surface area contributed by atoms with Crippen molar-refractivity contribution in [3.63, 3.8) is 0 Å². The van der Waals surface area contributed by atoms with Crippen LogP contribution in [0.15, 0.2) is 0 Å². The van der Waals surface area contributed by atoms with Crippen LogP contribution in [0.5, 0.6) is 0 Å². The van der Waals surface area contributed by atoms with Gasteiger partial charge in [0.15, 0.2) is 0 Å². The zero-order chi connectivity index (χ0) is 9.99. The maximum absolute atomic E-state index is 10.8. The predicted octanol–water partition coefficient (Wildman–Crippen LogP) is 2.09. The average molecular weight is 194 g/mol. The fourth-order valence-electron chi connectivity index (χ4n) is 0.765. The van der Waals surface area contributed by atoms with Gasteiger partial charge in [0.25, 0.3) is 10.1 Å². The van der Waals surface area contributed by atoms with Gasteiger partial charge in [0, 0.05) is 0 Å². The van der Waals surface area contributed by atoms with Crippen molar-refractivity contribution in [3.05, 3.63) is 0 Å². The molecule has 0 aromatic heterocycles. The van der Waals surface area contributed by atoms with Gasteiger partial charge in [-0.05, 0) is 32.6 Å². The summed E-state index contributed by atoms with van der Waals surface area (Å²) < 4.78 is 29.5. The van der Waals surface area contributed by atoms with E-state index in [0.29, 0.717) is 12.3 Å². The third-order valence-electron chi connectivity index (χ3n) is 2.02. The van der Waals surface area contributed by atoms with Crippen LogP contribution in [0.1, 0.15) is 40.5 Å². The Hall–Kier alpha value is -0.0900. The lowest BCUT2D eigenvalue weighted by Crippen LogP contribution is -2.31. The highest BCUT2D eigenvalue weighted by molar-refractivity contribution is 7.87. The molecule has 3 nitrogen and oxygen atoms in total. The summed E-state index contributed by atoms with van der Waals surface area (Å²) in [6.45, 7) is 7.15. The third-order valence-corrected chi connectivity index (χ3v) is 3.62. The van der Waals surface area contributed by atoms with Crippen molar-refractivity contribution in [1.29, 1.82) is 0 Å². The Kier molecular flexibility index (Phi) is 3.72.